The Morgan fingerprint density at radius 3 is 2.65 bits per heavy atom. The summed E-state index contributed by atoms with van der Waals surface area (Å²) in [5, 5.41) is 3.28. The second kappa shape index (κ2) is 10.5. The average molecular weight is 441 g/mol. The second-order valence-corrected chi connectivity index (χ2v) is 7.49. The van der Waals surface area contributed by atoms with Gasteiger partial charge in [0.1, 0.15) is 12.3 Å². The fourth-order valence-corrected chi connectivity index (χ4v) is 3.28. The third-order valence-electron chi connectivity index (χ3n) is 4.72. The quantitative estimate of drug-likeness (QED) is 0.497. The van der Waals surface area contributed by atoms with Crippen LogP contribution in [0.1, 0.15) is 11.5 Å². The smallest absolute Gasteiger partial charge is 0.322 e. The lowest BCUT2D eigenvalue weighted by atomic mass is 10.3. The third-order valence-corrected chi connectivity index (χ3v) is 4.96. The number of hydrogen-bond donors (Lipinski definition) is 1. The van der Waals surface area contributed by atoms with E-state index in [0.717, 1.165) is 5.69 Å². The first-order valence-corrected chi connectivity index (χ1v) is 10.2. The number of anilines is 1. The summed E-state index contributed by atoms with van der Waals surface area (Å²) in [5.41, 5.74) is 1.52. The van der Waals surface area contributed by atoms with Crippen LogP contribution in [0.3, 0.4) is 0 Å². The van der Waals surface area contributed by atoms with E-state index >= 15 is 0 Å². The average Bonchev–Trinajstić information content (AvgIpc) is 3.39. The van der Waals surface area contributed by atoms with Crippen LogP contribution in [0, 0.1) is 0 Å². The minimum absolute atomic E-state index is 0.108. The van der Waals surface area contributed by atoms with E-state index in [0.29, 0.717) is 29.6 Å². The number of halogens is 1. The maximum atomic E-state index is 13.2. The van der Waals surface area contributed by atoms with Crippen molar-refractivity contribution in [2.45, 2.75) is 13.1 Å². The largest absolute Gasteiger partial charge is 0.467 e. The number of furan rings is 1. The van der Waals surface area contributed by atoms with Crippen molar-refractivity contribution < 1.29 is 14.0 Å². The molecule has 0 saturated carbocycles. The number of benzene rings is 1. The van der Waals surface area contributed by atoms with Crippen LogP contribution in [0.4, 0.5) is 10.5 Å². The molecule has 0 spiro atoms. The van der Waals surface area contributed by atoms with Crippen molar-refractivity contribution in [1.82, 2.24) is 14.4 Å². The molecule has 8 heteroatoms. The highest BCUT2D eigenvalue weighted by atomic mass is 35.5. The van der Waals surface area contributed by atoms with Crippen molar-refractivity contribution in [1.29, 1.82) is 0 Å². The summed E-state index contributed by atoms with van der Waals surface area (Å²) >= 11 is 5.99. The zero-order chi connectivity index (χ0) is 22.2. The minimum Gasteiger partial charge on any atom is -0.467 e. The molecular weight excluding hydrogens is 416 g/mol. The highest BCUT2D eigenvalue weighted by Gasteiger charge is 2.22. The molecule has 0 fully saturated rings. The number of urea groups is 1. The van der Waals surface area contributed by atoms with Gasteiger partial charge in [-0.3, -0.25) is 4.79 Å². The molecule has 3 amide bonds. The van der Waals surface area contributed by atoms with Gasteiger partial charge in [0.25, 0.3) is 0 Å². The molecule has 2 heterocycles. The van der Waals surface area contributed by atoms with E-state index in [1.165, 1.54) is 4.90 Å². The van der Waals surface area contributed by atoms with Gasteiger partial charge in [-0.1, -0.05) is 23.7 Å². The van der Waals surface area contributed by atoms with Gasteiger partial charge < -0.3 is 24.1 Å². The van der Waals surface area contributed by atoms with Crippen molar-refractivity contribution in [3.8, 4) is 0 Å². The lowest BCUT2D eigenvalue weighted by Crippen LogP contribution is -2.44. The lowest BCUT2D eigenvalue weighted by Gasteiger charge is -2.27. The Morgan fingerprint density at radius 2 is 2.00 bits per heavy atom. The Kier molecular flexibility index (Phi) is 7.56. The molecule has 7 nitrogen and oxygen atoms in total. The normalized spacial score (nSPS) is 10.5. The molecule has 162 valence electrons. The molecule has 31 heavy (non-hydrogen) atoms. The number of nitrogens with one attached hydrogen (secondary N) is 1. The first-order valence-electron chi connectivity index (χ1n) is 9.79. The van der Waals surface area contributed by atoms with E-state index in [1.54, 1.807) is 47.6 Å². The zero-order valence-corrected chi connectivity index (χ0v) is 18.1. The van der Waals surface area contributed by atoms with E-state index in [-0.39, 0.29) is 19.0 Å². The van der Waals surface area contributed by atoms with Gasteiger partial charge in [0.15, 0.2) is 0 Å². The Morgan fingerprint density at radius 1 is 1.16 bits per heavy atom. The molecule has 0 bridgehead atoms. The van der Waals surface area contributed by atoms with E-state index in [2.05, 4.69) is 11.9 Å². The predicted molar refractivity (Wildman–Crippen MR) is 121 cm³/mol. The number of aromatic nitrogens is 1. The van der Waals surface area contributed by atoms with Crippen molar-refractivity contribution >= 4 is 29.2 Å². The van der Waals surface area contributed by atoms with Gasteiger partial charge in [0.05, 0.1) is 19.4 Å². The van der Waals surface area contributed by atoms with E-state index in [9.17, 15) is 9.59 Å². The highest BCUT2D eigenvalue weighted by molar-refractivity contribution is 6.30. The monoisotopic (exact) mass is 440 g/mol. The Labute approximate surface area is 186 Å². The number of amides is 3. The van der Waals surface area contributed by atoms with Gasteiger partial charge in [-0.2, -0.15) is 0 Å². The SMILES string of the molecule is C=CCN(CC(=O)N(Cc1ccco1)Cc1cccn1C)C(=O)Nc1cccc(Cl)c1. The minimum atomic E-state index is -0.410. The summed E-state index contributed by atoms with van der Waals surface area (Å²) in [4.78, 5) is 29.1. The zero-order valence-electron chi connectivity index (χ0n) is 17.3. The van der Waals surface area contributed by atoms with Crippen LogP contribution in [-0.2, 0) is 24.9 Å². The van der Waals surface area contributed by atoms with Crippen molar-refractivity contribution in [3.63, 3.8) is 0 Å². The van der Waals surface area contributed by atoms with Crippen LogP contribution >= 0.6 is 11.6 Å². The molecule has 0 aliphatic heterocycles. The molecule has 3 rings (SSSR count). The number of aryl methyl sites for hydroxylation is 1. The molecule has 0 aliphatic carbocycles. The van der Waals surface area contributed by atoms with Crippen LogP contribution in [0.25, 0.3) is 0 Å². The second-order valence-electron chi connectivity index (χ2n) is 7.05. The van der Waals surface area contributed by atoms with Gasteiger partial charge >= 0.3 is 6.03 Å². The van der Waals surface area contributed by atoms with Crippen molar-refractivity contribution in [2.24, 2.45) is 7.05 Å². The molecule has 3 aromatic rings. The van der Waals surface area contributed by atoms with Gasteiger partial charge in [0, 0.05) is 36.2 Å². The van der Waals surface area contributed by atoms with E-state index in [1.807, 2.05) is 36.0 Å². The Balaban J connectivity index is 1.73. The Bertz CT molecular complexity index is 1030. The van der Waals surface area contributed by atoms with Crippen LogP contribution in [0.2, 0.25) is 5.02 Å². The Hall–Kier alpha value is -3.45. The predicted octanol–water partition coefficient (Wildman–Crippen LogP) is 4.52. The van der Waals surface area contributed by atoms with Crippen molar-refractivity contribution in [3.05, 3.63) is 90.1 Å². The number of carbonyl (C=O) groups is 2. The fourth-order valence-electron chi connectivity index (χ4n) is 3.09. The fraction of sp³-hybridized carbons (Fsp3) is 0.217. The molecule has 0 aliphatic rings. The van der Waals surface area contributed by atoms with Gasteiger partial charge in [-0.15, -0.1) is 6.58 Å². The lowest BCUT2D eigenvalue weighted by molar-refractivity contribution is -0.133. The van der Waals surface area contributed by atoms with E-state index < -0.39 is 6.03 Å². The number of hydrogen-bond acceptors (Lipinski definition) is 3. The summed E-state index contributed by atoms with van der Waals surface area (Å²) < 4.78 is 7.39. The number of nitrogens with zero attached hydrogens (tertiary/aromatic N) is 3. The van der Waals surface area contributed by atoms with Crippen LogP contribution in [0.5, 0.6) is 0 Å². The molecule has 0 atom stereocenters. The van der Waals surface area contributed by atoms with Crippen LogP contribution < -0.4 is 5.32 Å². The first kappa shape index (κ1) is 22.2. The number of carbonyl (C=O) groups excluding carboxylic acids is 2. The maximum Gasteiger partial charge on any atom is 0.322 e. The molecule has 0 saturated heterocycles. The first-order chi connectivity index (χ1) is 15.0. The molecule has 2 aromatic heterocycles. The summed E-state index contributed by atoms with van der Waals surface area (Å²) in [7, 11) is 1.92. The van der Waals surface area contributed by atoms with Crippen LogP contribution in [0.15, 0.2) is 78.1 Å². The molecule has 1 aromatic carbocycles. The number of rotatable bonds is 9. The topological polar surface area (TPSA) is 70.7 Å². The summed E-state index contributed by atoms with van der Waals surface area (Å²) in [5.74, 6) is 0.460. The summed E-state index contributed by atoms with van der Waals surface area (Å²) in [6, 6.07) is 13.9. The van der Waals surface area contributed by atoms with Gasteiger partial charge in [0.2, 0.25) is 5.91 Å². The molecule has 0 radical (unpaired) electrons. The maximum absolute atomic E-state index is 13.2. The highest BCUT2D eigenvalue weighted by Crippen LogP contribution is 2.16. The van der Waals surface area contributed by atoms with Gasteiger partial charge in [-0.25, -0.2) is 4.79 Å². The standard InChI is InChI=1S/C23H25ClN4O3/c1-3-11-27(23(30)25-19-8-4-7-18(24)14-19)17-22(29)28(16-21-10-6-13-31-21)15-20-9-5-12-26(20)2/h3-10,12-14H,1,11,15-17H2,2H3,(H,25,30). The molecule has 1 N–H and O–H groups in total. The van der Waals surface area contributed by atoms with E-state index in [4.69, 9.17) is 16.0 Å². The molecular formula is C23H25ClN4O3. The summed E-state index contributed by atoms with van der Waals surface area (Å²) in [6.07, 6.45) is 5.08. The third kappa shape index (κ3) is 6.26. The molecule has 0 unspecified atom stereocenters. The van der Waals surface area contributed by atoms with Crippen LogP contribution in [-0.4, -0.2) is 39.4 Å². The van der Waals surface area contributed by atoms with Crippen molar-refractivity contribution in [2.75, 3.05) is 18.4 Å². The van der Waals surface area contributed by atoms with Gasteiger partial charge in [-0.05, 0) is 42.5 Å². The summed E-state index contributed by atoms with van der Waals surface area (Å²) in [6.45, 7) is 4.51.